The minimum Gasteiger partial charge on any atom is -0.377 e. The molecule has 0 aliphatic carbocycles. The van der Waals surface area contributed by atoms with Gasteiger partial charge in [0.2, 0.25) is 0 Å². The second-order valence-electron chi connectivity index (χ2n) is 6.85. The summed E-state index contributed by atoms with van der Waals surface area (Å²) in [7, 11) is 0. The van der Waals surface area contributed by atoms with Crippen LogP contribution in [0.2, 0.25) is 0 Å². The fourth-order valence-electron chi connectivity index (χ4n) is 3.20. The Bertz CT molecular complexity index is 533. The van der Waals surface area contributed by atoms with Gasteiger partial charge in [-0.15, -0.1) is 24.0 Å². The molecule has 1 heterocycles. The molecule has 1 fully saturated rings. The first-order chi connectivity index (χ1) is 12.8. The second kappa shape index (κ2) is 15.1. The summed E-state index contributed by atoms with van der Waals surface area (Å²) >= 11 is 0. The van der Waals surface area contributed by atoms with E-state index in [0.717, 1.165) is 38.6 Å². The maximum atomic E-state index is 5.71. The van der Waals surface area contributed by atoms with Crippen LogP contribution in [-0.2, 0) is 17.9 Å². The van der Waals surface area contributed by atoms with E-state index in [1.807, 2.05) is 0 Å². The van der Waals surface area contributed by atoms with E-state index in [9.17, 15) is 0 Å². The Morgan fingerprint density at radius 2 is 1.81 bits per heavy atom. The number of benzene rings is 1. The molecule has 0 radical (unpaired) electrons. The number of nitrogens with one attached hydrogen (secondary N) is 2. The van der Waals surface area contributed by atoms with Gasteiger partial charge in [-0.3, -0.25) is 0 Å². The summed E-state index contributed by atoms with van der Waals surface area (Å²) in [5.74, 6) is 0.897. The standard InChI is InChI=1S/C21H36N4O.HI/c1-3-16-26-18-20-11-7-6-10-19(20)17-24-21(22-4-2)23-12-15-25-13-8-5-9-14-25;/h6-7,10-11H,3-5,8-9,12-18H2,1-2H3,(H2,22,23,24);1H. The number of nitrogens with zero attached hydrogens (tertiary/aromatic N) is 2. The van der Waals surface area contributed by atoms with E-state index in [-0.39, 0.29) is 24.0 Å². The molecule has 2 N–H and O–H groups in total. The fourth-order valence-corrected chi connectivity index (χ4v) is 3.20. The quantitative estimate of drug-likeness (QED) is 0.228. The SMILES string of the molecule is CCCOCc1ccccc1CN=C(NCC)NCCN1CCCCC1.I. The van der Waals surface area contributed by atoms with Crippen molar-refractivity contribution < 1.29 is 4.74 Å². The molecule has 154 valence electrons. The van der Waals surface area contributed by atoms with Crippen LogP contribution >= 0.6 is 24.0 Å². The van der Waals surface area contributed by atoms with E-state index in [0.29, 0.717) is 13.2 Å². The number of hydrogen-bond donors (Lipinski definition) is 2. The lowest BCUT2D eigenvalue weighted by Crippen LogP contribution is -2.42. The van der Waals surface area contributed by atoms with Crippen molar-refractivity contribution in [2.24, 2.45) is 4.99 Å². The Kier molecular flexibility index (Phi) is 13.5. The van der Waals surface area contributed by atoms with E-state index < -0.39 is 0 Å². The summed E-state index contributed by atoms with van der Waals surface area (Å²) in [6.07, 6.45) is 5.11. The van der Waals surface area contributed by atoms with Crippen LogP contribution in [-0.4, -0.2) is 50.2 Å². The maximum Gasteiger partial charge on any atom is 0.191 e. The topological polar surface area (TPSA) is 48.9 Å². The number of rotatable bonds is 10. The van der Waals surface area contributed by atoms with Gasteiger partial charge >= 0.3 is 0 Å². The van der Waals surface area contributed by atoms with Crippen LogP contribution in [0.4, 0.5) is 0 Å². The lowest BCUT2D eigenvalue weighted by atomic mass is 10.1. The van der Waals surface area contributed by atoms with Gasteiger partial charge in [-0.05, 0) is 50.4 Å². The number of piperidine rings is 1. The Morgan fingerprint density at radius 1 is 1.07 bits per heavy atom. The van der Waals surface area contributed by atoms with E-state index in [1.54, 1.807) is 0 Å². The number of hydrogen-bond acceptors (Lipinski definition) is 3. The van der Waals surface area contributed by atoms with Gasteiger partial charge in [0, 0.05) is 26.2 Å². The van der Waals surface area contributed by atoms with Gasteiger partial charge in [0.1, 0.15) is 0 Å². The van der Waals surface area contributed by atoms with Gasteiger partial charge in [-0.1, -0.05) is 37.6 Å². The highest BCUT2D eigenvalue weighted by Crippen LogP contribution is 2.12. The maximum absolute atomic E-state index is 5.71. The van der Waals surface area contributed by atoms with Crippen LogP contribution in [0.25, 0.3) is 0 Å². The number of halogens is 1. The minimum absolute atomic E-state index is 0. The third-order valence-electron chi connectivity index (χ3n) is 4.65. The smallest absolute Gasteiger partial charge is 0.191 e. The molecule has 6 heteroatoms. The van der Waals surface area contributed by atoms with Gasteiger partial charge in [-0.2, -0.15) is 0 Å². The molecule has 1 aromatic rings. The van der Waals surface area contributed by atoms with Crippen LogP contribution in [0.5, 0.6) is 0 Å². The van der Waals surface area contributed by atoms with Crippen LogP contribution in [0.3, 0.4) is 0 Å². The van der Waals surface area contributed by atoms with Gasteiger partial charge in [0.25, 0.3) is 0 Å². The molecule has 1 aliphatic heterocycles. The third kappa shape index (κ3) is 9.76. The normalized spacial score (nSPS) is 15.3. The van der Waals surface area contributed by atoms with E-state index >= 15 is 0 Å². The second-order valence-corrected chi connectivity index (χ2v) is 6.85. The first-order valence-electron chi connectivity index (χ1n) is 10.2. The lowest BCUT2D eigenvalue weighted by molar-refractivity contribution is 0.121. The van der Waals surface area contributed by atoms with Crippen molar-refractivity contribution in [2.75, 3.05) is 39.3 Å². The highest BCUT2D eigenvalue weighted by Gasteiger charge is 2.09. The molecule has 1 aromatic carbocycles. The number of likely N-dealkylation sites (tertiary alicyclic amines) is 1. The first kappa shape index (κ1) is 24.2. The van der Waals surface area contributed by atoms with Crippen LogP contribution < -0.4 is 10.6 Å². The Hall–Kier alpha value is -0.860. The lowest BCUT2D eigenvalue weighted by Gasteiger charge is -2.26. The molecule has 0 saturated carbocycles. The summed E-state index contributed by atoms with van der Waals surface area (Å²) in [5, 5.41) is 6.83. The Morgan fingerprint density at radius 3 is 2.52 bits per heavy atom. The van der Waals surface area contributed by atoms with Crippen molar-refractivity contribution in [1.82, 2.24) is 15.5 Å². The molecule has 5 nitrogen and oxygen atoms in total. The summed E-state index contributed by atoms with van der Waals surface area (Å²) in [6.45, 7) is 11.8. The van der Waals surface area contributed by atoms with Crippen LogP contribution in [0, 0.1) is 0 Å². The average Bonchev–Trinajstić information content (AvgIpc) is 2.68. The zero-order chi connectivity index (χ0) is 18.5. The largest absolute Gasteiger partial charge is 0.377 e. The number of aliphatic imine (C=N–C) groups is 1. The minimum atomic E-state index is 0. The molecule has 0 aromatic heterocycles. The monoisotopic (exact) mass is 488 g/mol. The van der Waals surface area contributed by atoms with Crippen molar-refractivity contribution in [3.63, 3.8) is 0 Å². The first-order valence-corrected chi connectivity index (χ1v) is 10.2. The van der Waals surface area contributed by atoms with Crippen molar-refractivity contribution in [3.8, 4) is 0 Å². The molecule has 0 amide bonds. The zero-order valence-electron chi connectivity index (χ0n) is 17.0. The number of guanidine groups is 1. The van der Waals surface area contributed by atoms with Gasteiger partial charge < -0.3 is 20.3 Å². The molecule has 1 saturated heterocycles. The van der Waals surface area contributed by atoms with E-state index in [2.05, 4.69) is 53.6 Å². The summed E-state index contributed by atoms with van der Waals surface area (Å²) < 4.78 is 5.71. The molecule has 27 heavy (non-hydrogen) atoms. The molecule has 0 bridgehead atoms. The average molecular weight is 488 g/mol. The molecule has 0 spiro atoms. The summed E-state index contributed by atoms with van der Waals surface area (Å²) in [5.41, 5.74) is 2.46. The van der Waals surface area contributed by atoms with E-state index in [4.69, 9.17) is 9.73 Å². The predicted octanol–water partition coefficient (Wildman–Crippen LogP) is 3.77. The number of ether oxygens (including phenoxy) is 1. The third-order valence-corrected chi connectivity index (χ3v) is 4.65. The van der Waals surface area contributed by atoms with Crippen molar-refractivity contribution >= 4 is 29.9 Å². The fraction of sp³-hybridized carbons (Fsp3) is 0.667. The summed E-state index contributed by atoms with van der Waals surface area (Å²) in [4.78, 5) is 7.32. The predicted molar refractivity (Wildman–Crippen MR) is 125 cm³/mol. The van der Waals surface area contributed by atoms with Crippen molar-refractivity contribution in [1.29, 1.82) is 0 Å². The highest BCUT2D eigenvalue weighted by molar-refractivity contribution is 14.0. The molecule has 0 atom stereocenters. The summed E-state index contributed by atoms with van der Waals surface area (Å²) in [6, 6.07) is 8.42. The molecule has 1 aliphatic rings. The zero-order valence-corrected chi connectivity index (χ0v) is 19.3. The molecule has 2 rings (SSSR count). The Balaban J connectivity index is 0.00000364. The van der Waals surface area contributed by atoms with Gasteiger partial charge in [0.05, 0.1) is 13.2 Å². The van der Waals surface area contributed by atoms with E-state index in [1.165, 1.54) is 43.5 Å². The van der Waals surface area contributed by atoms with Crippen LogP contribution in [0.1, 0.15) is 50.7 Å². The highest BCUT2D eigenvalue weighted by atomic mass is 127. The molecule has 0 unspecified atom stereocenters. The van der Waals surface area contributed by atoms with Gasteiger partial charge in [-0.25, -0.2) is 4.99 Å². The van der Waals surface area contributed by atoms with Gasteiger partial charge in [0.15, 0.2) is 5.96 Å². The van der Waals surface area contributed by atoms with Crippen molar-refractivity contribution in [2.45, 2.75) is 52.7 Å². The molecular formula is C21H37IN4O. The van der Waals surface area contributed by atoms with Crippen LogP contribution in [0.15, 0.2) is 29.3 Å². The van der Waals surface area contributed by atoms with Crippen molar-refractivity contribution in [3.05, 3.63) is 35.4 Å². The molecular weight excluding hydrogens is 451 g/mol. The Labute approximate surface area is 182 Å².